The third-order valence-electron chi connectivity index (χ3n) is 3.00. The smallest absolute Gasteiger partial charge is 0.0478 e. The Balaban J connectivity index is 2.90. The summed E-state index contributed by atoms with van der Waals surface area (Å²) in [5, 5.41) is 3.31. The van der Waals surface area contributed by atoms with E-state index < -0.39 is 0 Å². The maximum Gasteiger partial charge on any atom is 0.0478 e. The Morgan fingerprint density at radius 2 is 1.56 bits per heavy atom. The van der Waals surface area contributed by atoms with Crippen molar-refractivity contribution in [2.45, 2.75) is 71.3 Å². The van der Waals surface area contributed by atoms with E-state index in [1.165, 1.54) is 44.9 Å². The van der Waals surface area contributed by atoms with Gasteiger partial charge in [-0.05, 0) is 26.3 Å². The van der Waals surface area contributed by atoms with E-state index in [1.54, 1.807) is 0 Å². The number of rotatable bonds is 14. The molecule has 1 atom stereocenters. The first-order valence-electron chi connectivity index (χ1n) is 7.81. The molecular weight excluding hydrogens is 224 g/mol. The lowest BCUT2D eigenvalue weighted by atomic mass is 10.1. The minimum atomic E-state index is 0.249. The average Bonchev–Trinajstić information content (AvgIpc) is 2.34. The summed E-state index contributed by atoms with van der Waals surface area (Å²) >= 11 is 0. The summed E-state index contributed by atoms with van der Waals surface area (Å²) in [5.41, 5.74) is 5.64. The minimum absolute atomic E-state index is 0.249. The van der Waals surface area contributed by atoms with Gasteiger partial charge in [-0.1, -0.05) is 45.4 Å². The molecule has 0 saturated carbocycles. The van der Waals surface area contributed by atoms with Crippen LogP contribution in [0.5, 0.6) is 0 Å². The predicted octanol–water partition coefficient (Wildman–Crippen LogP) is 3.08. The zero-order valence-electron chi connectivity index (χ0n) is 12.5. The standard InChI is InChI=1S/C15H34N2O/c1-3-4-5-6-7-8-9-12-18-13-10-11-17-14-15(2)16/h15,17H,3-14,16H2,1-2H3. The van der Waals surface area contributed by atoms with Crippen molar-refractivity contribution in [2.24, 2.45) is 5.73 Å². The molecule has 0 saturated heterocycles. The molecule has 0 heterocycles. The van der Waals surface area contributed by atoms with E-state index in [0.717, 1.165) is 32.7 Å². The number of nitrogens with two attached hydrogens (primary N) is 1. The fraction of sp³-hybridized carbons (Fsp3) is 1.00. The van der Waals surface area contributed by atoms with Crippen molar-refractivity contribution in [3.05, 3.63) is 0 Å². The molecule has 0 aliphatic heterocycles. The van der Waals surface area contributed by atoms with Gasteiger partial charge in [-0.25, -0.2) is 0 Å². The van der Waals surface area contributed by atoms with Crippen LogP contribution in [0.15, 0.2) is 0 Å². The summed E-state index contributed by atoms with van der Waals surface area (Å²) < 4.78 is 5.60. The van der Waals surface area contributed by atoms with E-state index in [2.05, 4.69) is 12.2 Å². The molecule has 3 nitrogen and oxygen atoms in total. The monoisotopic (exact) mass is 258 g/mol. The molecule has 0 aromatic heterocycles. The highest BCUT2D eigenvalue weighted by Gasteiger charge is 1.94. The van der Waals surface area contributed by atoms with Gasteiger partial charge in [-0.3, -0.25) is 0 Å². The molecule has 0 spiro atoms. The van der Waals surface area contributed by atoms with Gasteiger partial charge in [0, 0.05) is 25.8 Å². The Kier molecular flexibility index (Phi) is 14.8. The summed E-state index contributed by atoms with van der Waals surface area (Å²) in [6.45, 7) is 8.00. The Morgan fingerprint density at radius 3 is 2.22 bits per heavy atom. The van der Waals surface area contributed by atoms with Gasteiger partial charge in [-0.15, -0.1) is 0 Å². The van der Waals surface area contributed by atoms with Gasteiger partial charge >= 0.3 is 0 Å². The number of hydrogen-bond donors (Lipinski definition) is 2. The molecule has 0 fully saturated rings. The van der Waals surface area contributed by atoms with Crippen LogP contribution in [-0.4, -0.2) is 32.3 Å². The third kappa shape index (κ3) is 15.9. The highest BCUT2D eigenvalue weighted by molar-refractivity contribution is 4.56. The number of ether oxygens (including phenoxy) is 1. The third-order valence-corrected chi connectivity index (χ3v) is 3.00. The van der Waals surface area contributed by atoms with Crippen molar-refractivity contribution < 1.29 is 4.74 Å². The second kappa shape index (κ2) is 14.9. The number of nitrogens with one attached hydrogen (secondary N) is 1. The Bertz CT molecular complexity index is 151. The summed E-state index contributed by atoms with van der Waals surface area (Å²) in [5.74, 6) is 0. The van der Waals surface area contributed by atoms with Crippen molar-refractivity contribution in [1.82, 2.24) is 5.32 Å². The van der Waals surface area contributed by atoms with E-state index in [9.17, 15) is 0 Å². The zero-order chi connectivity index (χ0) is 13.5. The van der Waals surface area contributed by atoms with Crippen LogP contribution in [0.1, 0.15) is 65.2 Å². The highest BCUT2D eigenvalue weighted by atomic mass is 16.5. The maximum absolute atomic E-state index is 5.64. The molecule has 0 aromatic rings. The topological polar surface area (TPSA) is 47.3 Å². The van der Waals surface area contributed by atoms with Crippen LogP contribution >= 0.6 is 0 Å². The molecule has 0 radical (unpaired) electrons. The molecule has 3 N–H and O–H groups in total. The van der Waals surface area contributed by atoms with Crippen LogP contribution < -0.4 is 11.1 Å². The van der Waals surface area contributed by atoms with Crippen LogP contribution in [0.25, 0.3) is 0 Å². The lowest BCUT2D eigenvalue weighted by Crippen LogP contribution is -2.31. The fourth-order valence-corrected chi connectivity index (χ4v) is 1.89. The van der Waals surface area contributed by atoms with E-state index in [4.69, 9.17) is 10.5 Å². The molecule has 1 unspecified atom stereocenters. The number of hydrogen-bond acceptors (Lipinski definition) is 3. The molecule has 0 rings (SSSR count). The molecule has 18 heavy (non-hydrogen) atoms. The first kappa shape index (κ1) is 17.9. The van der Waals surface area contributed by atoms with Gasteiger partial charge in [0.15, 0.2) is 0 Å². The van der Waals surface area contributed by atoms with Crippen LogP contribution in [0.2, 0.25) is 0 Å². The SMILES string of the molecule is CCCCCCCCCOCCCNCC(C)N. The first-order valence-corrected chi connectivity index (χ1v) is 7.81. The van der Waals surface area contributed by atoms with Gasteiger partial charge < -0.3 is 15.8 Å². The van der Waals surface area contributed by atoms with E-state index >= 15 is 0 Å². The van der Waals surface area contributed by atoms with Gasteiger partial charge in [0.05, 0.1) is 0 Å². The van der Waals surface area contributed by atoms with Crippen molar-refractivity contribution in [3.8, 4) is 0 Å². The van der Waals surface area contributed by atoms with Crippen LogP contribution in [0, 0.1) is 0 Å². The second-order valence-electron chi connectivity index (χ2n) is 5.27. The molecule has 0 amide bonds. The van der Waals surface area contributed by atoms with E-state index in [1.807, 2.05) is 6.92 Å². The van der Waals surface area contributed by atoms with Gasteiger partial charge in [0.25, 0.3) is 0 Å². The van der Waals surface area contributed by atoms with Gasteiger partial charge in [0.2, 0.25) is 0 Å². The van der Waals surface area contributed by atoms with Crippen LogP contribution in [0.4, 0.5) is 0 Å². The zero-order valence-corrected chi connectivity index (χ0v) is 12.5. The summed E-state index contributed by atoms with van der Waals surface area (Å²) in [7, 11) is 0. The van der Waals surface area contributed by atoms with Crippen molar-refractivity contribution in [1.29, 1.82) is 0 Å². The second-order valence-corrected chi connectivity index (χ2v) is 5.27. The van der Waals surface area contributed by atoms with Crippen LogP contribution in [-0.2, 0) is 4.74 Å². The Hall–Kier alpha value is -0.120. The van der Waals surface area contributed by atoms with E-state index in [0.29, 0.717) is 0 Å². The van der Waals surface area contributed by atoms with Gasteiger partial charge in [-0.2, -0.15) is 0 Å². The maximum atomic E-state index is 5.64. The van der Waals surface area contributed by atoms with Crippen molar-refractivity contribution in [3.63, 3.8) is 0 Å². The van der Waals surface area contributed by atoms with Crippen molar-refractivity contribution in [2.75, 3.05) is 26.3 Å². The van der Waals surface area contributed by atoms with E-state index in [-0.39, 0.29) is 6.04 Å². The van der Waals surface area contributed by atoms with Crippen molar-refractivity contribution >= 4 is 0 Å². The minimum Gasteiger partial charge on any atom is -0.381 e. The highest BCUT2D eigenvalue weighted by Crippen LogP contribution is 2.06. The quantitative estimate of drug-likeness (QED) is 0.471. The lowest BCUT2D eigenvalue weighted by Gasteiger charge is -2.07. The molecule has 3 heteroatoms. The van der Waals surface area contributed by atoms with Crippen LogP contribution in [0.3, 0.4) is 0 Å². The fourth-order valence-electron chi connectivity index (χ4n) is 1.89. The average molecular weight is 258 g/mol. The van der Waals surface area contributed by atoms with Gasteiger partial charge in [0.1, 0.15) is 0 Å². The Morgan fingerprint density at radius 1 is 0.944 bits per heavy atom. The lowest BCUT2D eigenvalue weighted by molar-refractivity contribution is 0.127. The molecular formula is C15H34N2O. The Labute approximate surface area is 114 Å². The predicted molar refractivity (Wildman–Crippen MR) is 79.9 cm³/mol. The summed E-state index contributed by atoms with van der Waals surface area (Å²) in [4.78, 5) is 0. The normalized spacial score (nSPS) is 12.8. The summed E-state index contributed by atoms with van der Waals surface area (Å²) in [6, 6.07) is 0.249. The first-order chi connectivity index (χ1) is 8.77. The molecule has 0 aliphatic carbocycles. The molecule has 110 valence electrons. The number of unbranched alkanes of at least 4 members (excludes halogenated alkanes) is 6. The molecule has 0 aliphatic rings. The molecule has 0 bridgehead atoms. The largest absolute Gasteiger partial charge is 0.381 e. The molecule has 0 aromatic carbocycles. The summed E-state index contributed by atoms with van der Waals surface area (Å²) in [6.07, 6.45) is 10.5.